The van der Waals surface area contributed by atoms with Crippen LogP contribution in [0.15, 0.2) is 21.6 Å². The maximum Gasteiger partial charge on any atom is 0.275 e. The van der Waals surface area contributed by atoms with Crippen LogP contribution in [0, 0.1) is 0 Å². The van der Waals surface area contributed by atoms with Crippen molar-refractivity contribution in [1.82, 2.24) is 9.62 Å². The van der Waals surface area contributed by atoms with Crippen molar-refractivity contribution in [3.8, 4) is 0 Å². The van der Waals surface area contributed by atoms with Crippen molar-refractivity contribution >= 4 is 10.0 Å². The van der Waals surface area contributed by atoms with Gasteiger partial charge >= 0.3 is 0 Å². The number of sulfonamides is 1. The Bertz CT molecular complexity index is 465. The van der Waals surface area contributed by atoms with Gasteiger partial charge in [0.25, 0.3) is 10.0 Å². The van der Waals surface area contributed by atoms with Crippen molar-refractivity contribution in [2.24, 2.45) is 0 Å². The lowest BCUT2D eigenvalue weighted by atomic mass is 10.3. The summed E-state index contributed by atoms with van der Waals surface area (Å²) >= 11 is 0. The van der Waals surface area contributed by atoms with Crippen LogP contribution in [0.4, 0.5) is 0 Å². The fourth-order valence-electron chi connectivity index (χ4n) is 1.29. The van der Waals surface area contributed by atoms with E-state index < -0.39 is 10.0 Å². The van der Waals surface area contributed by atoms with Crippen LogP contribution in [0.1, 0.15) is 19.1 Å². The Morgan fingerprint density at radius 3 is 2.67 bits per heavy atom. The highest BCUT2D eigenvalue weighted by molar-refractivity contribution is 7.88. The van der Waals surface area contributed by atoms with Crippen molar-refractivity contribution in [3.05, 3.63) is 17.9 Å². The van der Waals surface area contributed by atoms with Crippen molar-refractivity contribution in [2.75, 3.05) is 20.6 Å². The van der Waals surface area contributed by atoms with Gasteiger partial charge in [0.2, 0.25) is 5.09 Å². The van der Waals surface area contributed by atoms with Crippen LogP contribution in [0.5, 0.6) is 0 Å². The summed E-state index contributed by atoms with van der Waals surface area (Å²) in [6.45, 7) is 2.81. The molecular weight excluding hydrogens is 256 g/mol. The van der Waals surface area contributed by atoms with Crippen LogP contribution >= 0.6 is 0 Å². The van der Waals surface area contributed by atoms with E-state index in [1.165, 1.54) is 20.2 Å². The zero-order chi connectivity index (χ0) is 13.8. The molecule has 1 rings (SSSR count). The molecule has 7 heteroatoms. The van der Waals surface area contributed by atoms with Gasteiger partial charge < -0.3 is 14.8 Å². The third-order valence-electron chi connectivity index (χ3n) is 2.41. The maximum absolute atomic E-state index is 11.7. The minimum absolute atomic E-state index is 0.0557. The van der Waals surface area contributed by atoms with Gasteiger partial charge in [0.05, 0.1) is 12.6 Å². The number of nitrogens with zero attached hydrogens (tertiary/aromatic N) is 1. The summed E-state index contributed by atoms with van der Waals surface area (Å²) in [5.74, 6) is 0.556. The summed E-state index contributed by atoms with van der Waals surface area (Å²) < 4.78 is 29.9. The Kier molecular flexibility index (Phi) is 5.33. The third-order valence-corrected chi connectivity index (χ3v) is 4.10. The van der Waals surface area contributed by atoms with E-state index in [1.54, 1.807) is 13.0 Å². The van der Waals surface area contributed by atoms with E-state index in [9.17, 15) is 8.42 Å². The molecule has 0 aliphatic rings. The van der Waals surface area contributed by atoms with E-state index in [0.717, 1.165) is 4.31 Å². The molecule has 0 amide bonds. The number of aliphatic hydroxyl groups is 1. The molecular formula is C11H20N2O4S. The molecule has 0 saturated carbocycles. The molecule has 104 valence electrons. The second-order valence-electron chi connectivity index (χ2n) is 4.32. The standard InChI is InChI=1S/C11H20N2O4S/c1-9(14)6-7-12-8-10-4-5-11(17-10)18(15,16)13(2)3/h4-5,9,12,14H,6-8H2,1-3H3. The molecule has 0 spiro atoms. The van der Waals surface area contributed by atoms with E-state index in [0.29, 0.717) is 25.3 Å². The Morgan fingerprint density at radius 1 is 1.44 bits per heavy atom. The lowest BCUT2D eigenvalue weighted by Crippen LogP contribution is -2.21. The van der Waals surface area contributed by atoms with E-state index in [1.807, 2.05) is 0 Å². The fourth-order valence-corrected chi connectivity index (χ4v) is 2.11. The molecule has 0 radical (unpaired) electrons. The number of hydrogen-bond acceptors (Lipinski definition) is 5. The molecule has 0 aromatic carbocycles. The summed E-state index contributed by atoms with van der Waals surface area (Å²) in [5, 5.41) is 12.1. The molecule has 18 heavy (non-hydrogen) atoms. The minimum Gasteiger partial charge on any atom is -0.447 e. The largest absolute Gasteiger partial charge is 0.447 e. The summed E-state index contributed by atoms with van der Waals surface area (Å²) in [6.07, 6.45) is 0.294. The minimum atomic E-state index is -3.50. The van der Waals surface area contributed by atoms with E-state index >= 15 is 0 Å². The van der Waals surface area contributed by atoms with E-state index in [4.69, 9.17) is 9.52 Å². The van der Waals surface area contributed by atoms with Crippen molar-refractivity contribution in [1.29, 1.82) is 0 Å². The molecule has 1 heterocycles. The second kappa shape index (κ2) is 6.33. The third kappa shape index (κ3) is 4.09. The summed E-state index contributed by atoms with van der Waals surface area (Å²) in [6, 6.07) is 3.08. The Labute approximate surface area is 108 Å². The SMILES string of the molecule is CC(O)CCNCc1ccc(S(=O)(=O)N(C)C)o1. The molecule has 6 nitrogen and oxygen atoms in total. The van der Waals surface area contributed by atoms with Crippen LogP contribution in [0.2, 0.25) is 0 Å². The number of hydrogen-bond donors (Lipinski definition) is 2. The maximum atomic E-state index is 11.7. The van der Waals surface area contributed by atoms with Gasteiger partial charge in [-0.05, 0) is 32.0 Å². The highest BCUT2D eigenvalue weighted by Crippen LogP contribution is 2.16. The van der Waals surface area contributed by atoms with Gasteiger partial charge in [-0.15, -0.1) is 0 Å². The Hall–Kier alpha value is -0.890. The van der Waals surface area contributed by atoms with Crippen LogP contribution in [0.3, 0.4) is 0 Å². The van der Waals surface area contributed by atoms with E-state index in [2.05, 4.69) is 5.32 Å². The van der Waals surface area contributed by atoms with Crippen LogP contribution < -0.4 is 5.32 Å². The monoisotopic (exact) mass is 276 g/mol. The predicted molar refractivity (Wildman–Crippen MR) is 67.6 cm³/mol. The van der Waals surface area contributed by atoms with Crippen LogP contribution in [0.25, 0.3) is 0 Å². The Balaban J connectivity index is 2.54. The number of rotatable bonds is 7. The topological polar surface area (TPSA) is 82.8 Å². The number of furan rings is 1. The molecule has 0 aliphatic heterocycles. The van der Waals surface area contributed by atoms with Gasteiger partial charge in [0.15, 0.2) is 0 Å². The zero-order valence-electron chi connectivity index (χ0n) is 10.9. The molecule has 0 bridgehead atoms. The molecule has 1 atom stereocenters. The van der Waals surface area contributed by atoms with E-state index in [-0.39, 0.29) is 11.2 Å². The van der Waals surface area contributed by atoms with Gasteiger partial charge in [0, 0.05) is 14.1 Å². The van der Waals surface area contributed by atoms with Crippen molar-refractivity contribution < 1.29 is 17.9 Å². The average molecular weight is 276 g/mol. The molecule has 2 N–H and O–H groups in total. The van der Waals surface area contributed by atoms with Gasteiger partial charge in [-0.3, -0.25) is 0 Å². The number of nitrogens with one attached hydrogen (secondary N) is 1. The predicted octanol–water partition coefficient (Wildman–Crippen LogP) is 0.390. The summed E-state index contributed by atoms with van der Waals surface area (Å²) in [7, 11) is -0.588. The lowest BCUT2D eigenvalue weighted by molar-refractivity contribution is 0.183. The fraction of sp³-hybridized carbons (Fsp3) is 0.636. The normalized spacial score (nSPS) is 14.1. The lowest BCUT2D eigenvalue weighted by Gasteiger charge is -2.08. The highest BCUT2D eigenvalue weighted by Gasteiger charge is 2.21. The molecule has 0 fully saturated rings. The first-order valence-electron chi connectivity index (χ1n) is 5.74. The first kappa shape index (κ1) is 15.2. The average Bonchev–Trinajstić information content (AvgIpc) is 2.73. The molecule has 1 unspecified atom stereocenters. The Morgan fingerprint density at radius 2 is 2.11 bits per heavy atom. The summed E-state index contributed by atoms with van der Waals surface area (Å²) in [5.41, 5.74) is 0. The molecule has 0 aliphatic carbocycles. The molecule has 1 aromatic rings. The van der Waals surface area contributed by atoms with Gasteiger partial charge in [-0.1, -0.05) is 0 Å². The zero-order valence-corrected chi connectivity index (χ0v) is 11.7. The van der Waals surface area contributed by atoms with Gasteiger partial charge in [0.1, 0.15) is 5.76 Å². The molecule has 1 aromatic heterocycles. The van der Waals surface area contributed by atoms with Gasteiger partial charge in [-0.25, -0.2) is 12.7 Å². The second-order valence-corrected chi connectivity index (χ2v) is 6.41. The van der Waals surface area contributed by atoms with Crippen molar-refractivity contribution in [2.45, 2.75) is 31.1 Å². The van der Waals surface area contributed by atoms with Crippen molar-refractivity contribution in [3.63, 3.8) is 0 Å². The number of aliphatic hydroxyl groups excluding tert-OH is 1. The van der Waals surface area contributed by atoms with Gasteiger partial charge in [-0.2, -0.15) is 0 Å². The quantitative estimate of drug-likeness (QED) is 0.704. The molecule has 0 saturated heterocycles. The van der Waals surface area contributed by atoms with Crippen LogP contribution in [-0.2, 0) is 16.6 Å². The van der Waals surface area contributed by atoms with Crippen LogP contribution in [-0.4, -0.2) is 44.6 Å². The highest BCUT2D eigenvalue weighted by atomic mass is 32.2. The smallest absolute Gasteiger partial charge is 0.275 e. The first-order valence-corrected chi connectivity index (χ1v) is 7.18. The summed E-state index contributed by atoms with van der Waals surface area (Å²) in [4.78, 5) is 0. The first-order chi connectivity index (χ1) is 8.34.